The maximum Gasteiger partial charge on any atom is 0.416 e. The Morgan fingerprint density at radius 3 is 2.42 bits per heavy atom. The maximum atomic E-state index is 12.9. The van der Waals surface area contributed by atoms with Crippen molar-refractivity contribution in [2.75, 3.05) is 6.61 Å². The molecule has 2 heterocycles. The van der Waals surface area contributed by atoms with E-state index in [9.17, 15) is 18.0 Å². The highest BCUT2D eigenvalue weighted by Crippen LogP contribution is 2.34. The quantitative estimate of drug-likeness (QED) is 0.291. The van der Waals surface area contributed by atoms with Crippen molar-refractivity contribution in [3.63, 3.8) is 0 Å². The molecule has 0 radical (unpaired) electrons. The molecule has 1 unspecified atom stereocenters. The zero-order valence-corrected chi connectivity index (χ0v) is 19.1. The average molecular weight is 518 g/mol. The van der Waals surface area contributed by atoms with Gasteiger partial charge >= 0.3 is 12.1 Å². The number of carbonyl (C=O) groups is 1. The standard InChI is InChI=1S/C24H19BrF3N3O2/c1-2-33-23(32)18(12-15-6-4-3-5-7-15)21-20(25)14-29-22-19(13-30-31(21)22)16-8-10-17(11-9-16)24(26,27)28/h3-11,13-14,18H,2,12H2,1H3. The monoisotopic (exact) mass is 517 g/mol. The number of esters is 1. The molecule has 33 heavy (non-hydrogen) atoms. The number of halogens is 4. The Labute approximate surface area is 196 Å². The molecular weight excluding hydrogens is 499 g/mol. The van der Waals surface area contributed by atoms with E-state index in [0.717, 1.165) is 17.7 Å². The van der Waals surface area contributed by atoms with Crippen LogP contribution in [-0.2, 0) is 22.1 Å². The van der Waals surface area contributed by atoms with Gasteiger partial charge in [0.05, 0.1) is 28.5 Å². The Morgan fingerprint density at radius 1 is 1.09 bits per heavy atom. The summed E-state index contributed by atoms with van der Waals surface area (Å²) in [7, 11) is 0. The molecule has 170 valence electrons. The summed E-state index contributed by atoms with van der Waals surface area (Å²) < 4.78 is 46.3. The molecule has 4 rings (SSSR count). The van der Waals surface area contributed by atoms with Gasteiger partial charge in [-0.1, -0.05) is 42.5 Å². The lowest BCUT2D eigenvalue weighted by atomic mass is 9.95. The lowest BCUT2D eigenvalue weighted by Gasteiger charge is -2.18. The van der Waals surface area contributed by atoms with Crippen LogP contribution in [0.2, 0.25) is 0 Å². The summed E-state index contributed by atoms with van der Waals surface area (Å²) in [5, 5.41) is 4.43. The van der Waals surface area contributed by atoms with E-state index >= 15 is 0 Å². The molecule has 0 fully saturated rings. The predicted molar refractivity (Wildman–Crippen MR) is 121 cm³/mol. The zero-order valence-electron chi connectivity index (χ0n) is 17.5. The molecule has 0 N–H and O–H groups in total. The molecule has 1 atom stereocenters. The van der Waals surface area contributed by atoms with E-state index < -0.39 is 23.6 Å². The summed E-state index contributed by atoms with van der Waals surface area (Å²) in [4.78, 5) is 17.4. The predicted octanol–water partition coefficient (Wildman–Crippen LogP) is 6.07. The first kappa shape index (κ1) is 23.0. The highest BCUT2D eigenvalue weighted by Gasteiger charge is 2.31. The fraction of sp³-hybridized carbons (Fsp3) is 0.208. The van der Waals surface area contributed by atoms with Crippen LogP contribution in [-0.4, -0.2) is 27.2 Å². The van der Waals surface area contributed by atoms with Crippen LogP contribution in [0, 0.1) is 0 Å². The largest absolute Gasteiger partial charge is 0.465 e. The average Bonchev–Trinajstić information content (AvgIpc) is 3.22. The second kappa shape index (κ2) is 9.35. The number of hydrogen-bond acceptors (Lipinski definition) is 4. The van der Waals surface area contributed by atoms with Crippen LogP contribution in [0.15, 0.2) is 71.5 Å². The van der Waals surface area contributed by atoms with Crippen LogP contribution >= 0.6 is 15.9 Å². The fourth-order valence-electron chi connectivity index (χ4n) is 3.67. The first-order valence-corrected chi connectivity index (χ1v) is 11.0. The molecule has 2 aromatic carbocycles. The van der Waals surface area contributed by atoms with Crippen molar-refractivity contribution in [3.05, 3.63) is 88.3 Å². The second-order valence-corrected chi connectivity index (χ2v) is 8.21. The number of rotatable bonds is 6. The van der Waals surface area contributed by atoms with Crippen molar-refractivity contribution >= 4 is 27.5 Å². The number of hydrogen-bond donors (Lipinski definition) is 0. The van der Waals surface area contributed by atoms with Crippen LogP contribution in [0.3, 0.4) is 0 Å². The third-order valence-corrected chi connectivity index (χ3v) is 5.83. The zero-order chi connectivity index (χ0) is 23.6. The molecule has 0 saturated heterocycles. The first-order chi connectivity index (χ1) is 15.8. The van der Waals surface area contributed by atoms with Gasteiger partial charge in [-0.3, -0.25) is 4.79 Å². The number of nitrogens with zero attached hydrogens (tertiary/aromatic N) is 3. The van der Waals surface area contributed by atoms with Crippen molar-refractivity contribution in [1.82, 2.24) is 14.6 Å². The topological polar surface area (TPSA) is 56.5 Å². The molecule has 5 nitrogen and oxygen atoms in total. The molecule has 9 heteroatoms. The van der Waals surface area contributed by atoms with Crippen molar-refractivity contribution < 1.29 is 22.7 Å². The van der Waals surface area contributed by atoms with Crippen molar-refractivity contribution in [3.8, 4) is 11.1 Å². The van der Waals surface area contributed by atoms with Gasteiger partial charge in [-0.05, 0) is 52.5 Å². The highest BCUT2D eigenvalue weighted by atomic mass is 79.9. The van der Waals surface area contributed by atoms with Crippen molar-refractivity contribution in [1.29, 1.82) is 0 Å². The second-order valence-electron chi connectivity index (χ2n) is 7.35. The number of aromatic nitrogens is 3. The molecule has 0 aliphatic rings. The maximum absolute atomic E-state index is 12.9. The molecule has 0 bridgehead atoms. The van der Waals surface area contributed by atoms with E-state index in [0.29, 0.717) is 33.4 Å². The van der Waals surface area contributed by atoms with Crippen LogP contribution in [0.4, 0.5) is 13.2 Å². The van der Waals surface area contributed by atoms with Crippen molar-refractivity contribution in [2.45, 2.75) is 25.4 Å². The van der Waals surface area contributed by atoms with Gasteiger partial charge in [0.1, 0.15) is 5.92 Å². The van der Waals surface area contributed by atoms with E-state index in [1.807, 2.05) is 30.3 Å². The molecular formula is C24H19BrF3N3O2. The number of ether oxygens (including phenoxy) is 1. The smallest absolute Gasteiger partial charge is 0.416 e. The lowest BCUT2D eigenvalue weighted by molar-refractivity contribution is -0.145. The Morgan fingerprint density at radius 2 is 1.79 bits per heavy atom. The first-order valence-electron chi connectivity index (χ1n) is 10.2. The van der Waals surface area contributed by atoms with Gasteiger partial charge < -0.3 is 4.74 Å². The van der Waals surface area contributed by atoms with Gasteiger partial charge in [0, 0.05) is 11.8 Å². The lowest BCUT2D eigenvalue weighted by Crippen LogP contribution is -2.22. The molecule has 0 amide bonds. The Bertz CT molecular complexity index is 1270. The Balaban J connectivity index is 1.81. The van der Waals surface area contributed by atoms with Crippen molar-refractivity contribution in [2.24, 2.45) is 0 Å². The van der Waals surface area contributed by atoms with Crippen LogP contribution in [0.25, 0.3) is 16.8 Å². The molecule has 0 aliphatic heterocycles. The number of fused-ring (bicyclic) bond motifs is 1. The SMILES string of the molecule is CCOC(=O)C(Cc1ccccc1)c1c(Br)cnc2c(-c3ccc(C(F)(F)F)cc3)cnn12. The third kappa shape index (κ3) is 4.78. The van der Waals surface area contributed by atoms with Gasteiger partial charge in [0.25, 0.3) is 0 Å². The molecule has 0 saturated carbocycles. The summed E-state index contributed by atoms with van der Waals surface area (Å²) in [6.07, 6.45) is -0.935. The normalized spacial score (nSPS) is 12.6. The molecule has 0 aliphatic carbocycles. The van der Waals surface area contributed by atoms with Gasteiger partial charge in [0.2, 0.25) is 0 Å². The summed E-state index contributed by atoms with van der Waals surface area (Å²) in [6.45, 7) is 1.97. The summed E-state index contributed by atoms with van der Waals surface area (Å²) in [5.41, 5.74) is 2.29. The number of benzene rings is 2. The van der Waals surface area contributed by atoms with E-state index in [1.165, 1.54) is 18.3 Å². The van der Waals surface area contributed by atoms with Crippen LogP contribution in [0.5, 0.6) is 0 Å². The van der Waals surface area contributed by atoms with Crippen LogP contribution < -0.4 is 0 Å². The van der Waals surface area contributed by atoms with E-state index in [-0.39, 0.29) is 6.61 Å². The van der Waals surface area contributed by atoms with Gasteiger partial charge in [-0.15, -0.1) is 0 Å². The molecule has 2 aromatic heterocycles. The third-order valence-electron chi connectivity index (χ3n) is 5.22. The number of carbonyl (C=O) groups excluding carboxylic acids is 1. The fourth-order valence-corrected chi connectivity index (χ4v) is 4.22. The minimum Gasteiger partial charge on any atom is -0.465 e. The summed E-state index contributed by atoms with van der Waals surface area (Å²) in [5.74, 6) is -1.08. The van der Waals surface area contributed by atoms with Gasteiger partial charge in [-0.25, -0.2) is 9.50 Å². The van der Waals surface area contributed by atoms with E-state index in [2.05, 4.69) is 26.0 Å². The minimum absolute atomic E-state index is 0.228. The highest BCUT2D eigenvalue weighted by molar-refractivity contribution is 9.10. The molecule has 0 spiro atoms. The van der Waals surface area contributed by atoms with E-state index in [1.54, 1.807) is 17.6 Å². The number of alkyl halides is 3. The summed E-state index contributed by atoms with van der Waals surface area (Å²) >= 11 is 3.49. The van der Waals surface area contributed by atoms with Gasteiger partial charge in [-0.2, -0.15) is 18.3 Å². The summed E-state index contributed by atoms with van der Waals surface area (Å²) in [6, 6.07) is 14.4. The molecule has 4 aromatic rings. The Hall–Kier alpha value is -3.20. The van der Waals surface area contributed by atoms with E-state index in [4.69, 9.17) is 4.74 Å². The van der Waals surface area contributed by atoms with Gasteiger partial charge in [0.15, 0.2) is 5.65 Å². The minimum atomic E-state index is -4.42. The Kier molecular flexibility index (Phi) is 6.51. The van der Waals surface area contributed by atoms with Crippen LogP contribution in [0.1, 0.15) is 29.7 Å².